The Bertz CT molecular complexity index is 850. The first-order chi connectivity index (χ1) is 15.2. The van der Waals surface area contributed by atoms with Gasteiger partial charge in [-0.05, 0) is 41.0 Å². The number of carbonyl (C=O) groups is 2. The average Bonchev–Trinajstić information content (AvgIpc) is 3.15. The minimum absolute atomic E-state index is 0.124. The first-order valence-electron chi connectivity index (χ1n) is 11.1. The number of hydrogen-bond donors (Lipinski definition) is 0. The molecule has 33 heavy (non-hydrogen) atoms. The molecule has 2 heterocycles. The highest BCUT2D eigenvalue weighted by molar-refractivity contribution is 5.81. The summed E-state index contributed by atoms with van der Waals surface area (Å²) in [5.41, 5.74) is -1.71. The number of esters is 1. The number of alkyl halides is 2. The van der Waals surface area contributed by atoms with E-state index in [1.165, 1.54) is 18.9 Å². The van der Waals surface area contributed by atoms with Gasteiger partial charge in [-0.2, -0.15) is 8.78 Å². The molecule has 188 valence electrons. The van der Waals surface area contributed by atoms with Gasteiger partial charge in [0.1, 0.15) is 23.5 Å². The molecule has 0 bridgehead atoms. The van der Waals surface area contributed by atoms with Gasteiger partial charge in [-0.15, -0.1) is 5.10 Å². The number of halogens is 2. The number of fused-ring (bicyclic) bond motifs is 1. The average molecular weight is 475 g/mol. The molecule has 0 aromatic carbocycles. The summed E-state index contributed by atoms with van der Waals surface area (Å²) in [6.45, 7) is 9.82. The summed E-state index contributed by atoms with van der Waals surface area (Å²) in [7, 11) is 2.81. The number of aromatic nitrogens is 3. The molecule has 2 atom stereocenters. The second kappa shape index (κ2) is 10.0. The van der Waals surface area contributed by atoms with E-state index in [0.717, 1.165) is 4.90 Å². The van der Waals surface area contributed by atoms with Gasteiger partial charge >= 0.3 is 11.9 Å². The van der Waals surface area contributed by atoms with Crippen LogP contribution in [-0.2, 0) is 35.3 Å². The summed E-state index contributed by atoms with van der Waals surface area (Å²) in [6, 6.07) is 0. The van der Waals surface area contributed by atoms with Crippen molar-refractivity contribution in [3.05, 3.63) is 11.4 Å². The minimum atomic E-state index is -3.48. The smallest absolute Gasteiger partial charge is 0.310 e. The molecule has 1 aromatic heterocycles. The molecule has 0 radical (unpaired) electrons. The number of carbonyl (C=O) groups excluding carboxylic acids is 2. The van der Waals surface area contributed by atoms with E-state index >= 15 is 8.78 Å². The topological polar surface area (TPSA) is 95.8 Å². The van der Waals surface area contributed by atoms with Crippen LogP contribution >= 0.6 is 0 Å². The second-order valence-electron chi connectivity index (χ2n) is 9.90. The number of hydrogen-bond acceptors (Lipinski definition) is 7. The molecule has 0 saturated carbocycles. The lowest BCUT2D eigenvalue weighted by Crippen LogP contribution is -2.49. The third kappa shape index (κ3) is 6.26. The van der Waals surface area contributed by atoms with Crippen LogP contribution in [0.3, 0.4) is 0 Å². The molecule has 1 amide bonds. The maximum absolute atomic E-state index is 15.4. The van der Waals surface area contributed by atoms with Crippen molar-refractivity contribution in [1.82, 2.24) is 19.9 Å². The van der Waals surface area contributed by atoms with Gasteiger partial charge in [0.2, 0.25) is 5.91 Å². The lowest BCUT2D eigenvalue weighted by molar-refractivity contribution is -0.159. The van der Waals surface area contributed by atoms with Crippen molar-refractivity contribution < 1.29 is 32.6 Å². The van der Waals surface area contributed by atoms with Crippen molar-refractivity contribution in [2.45, 2.75) is 90.1 Å². The van der Waals surface area contributed by atoms with Crippen molar-refractivity contribution in [3.8, 4) is 0 Å². The number of nitrogens with zero attached hydrogens (tertiary/aromatic N) is 4. The van der Waals surface area contributed by atoms with Crippen molar-refractivity contribution in [1.29, 1.82) is 0 Å². The molecule has 9 nitrogen and oxygen atoms in total. The Balaban J connectivity index is 2.33. The molecule has 1 aliphatic rings. The first-order valence-corrected chi connectivity index (χ1v) is 11.1. The molecular formula is C22H36F2N4O5. The van der Waals surface area contributed by atoms with Crippen LogP contribution in [0.4, 0.5) is 8.78 Å². The second-order valence-corrected chi connectivity index (χ2v) is 9.90. The van der Waals surface area contributed by atoms with Gasteiger partial charge in [0.15, 0.2) is 5.69 Å². The molecule has 0 spiro atoms. The highest BCUT2D eigenvalue weighted by Crippen LogP contribution is 2.39. The third-order valence-corrected chi connectivity index (χ3v) is 5.78. The van der Waals surface area contributed by atoms with E-state index in [9.17, 15) is 9.59 Å². The van der Waals surface area contributed by atoms with E-state index in [4.69, 9.17) is 14.2 Å². The van der Waals surface area contributed by atoms with E-state index in [1.807, 2.05) is 27.7 Å². The fourth-order valence-corrected chi connectivity index (χ4v) is 3.62. The highest BCUT2D eigenvalue weighted by Gasteiger charge is 2.48. The SMILES string of the molecule is CCC(C)(C)OC(=O)CCC(=O)N1C[C@H](OC)[C@@H](OC)c2c(nnn2C(C)(C)C)C(F)(F)C1. The van der Waals surface area contributed by atoms with Crippen LogP contribution in [0.25, 0.3) is 0 Å². The summed E-state index contributed by atoms with van der Waals surface area (Å²) < 4.78 is 48.6. The van der Waals surface area contributed by atoms with Crippen LogP contribution in [-0.4, -0.2) is 70.8 Å². The predicted molar refractivity (Wildman–Crippen MR) is 116 cm³/mol. The largest absolute Gasteiger partial charge is 0.460 e. The van der Waals surface area contributed by atoms with Crippen molar-refractivity contribution in [3.63, 3.8) is 0 Å². The Morgan fingerprint density at radius 2 is 1.76 bits per heavy atom. The summed E-state index contributed by atoms with van der Waals surface area (Å²) >= 11 is 0. The molecule has 0 fully saturated rings. The van der Waals surface area contributed by atoms with E-state index < -0.39 is 53.4 Å². The van der Waals surface area contributed by atoms with E-state index in [1.54, 1.807) is 13.8 Å². The third-order valence-electron chi connectivity index (χ3n) is 5.78. The van der Waals surface area contributed by atoms with Gasteiger partial charge in [0.25, 0.3) is 0 Å². The van der Waals surface area contributed by atoms with Crippen LogP contribution in [0.1, 0.15) is 78.3 Å². The molecule has 0 unspecified atom stereocenters. The molecule has 11 heteroatoms. The van der Waals surface area contributed by atoms with Gasteiger partial charge in [0, 0.05) is 20.6 Å². The molecule has 0 saturated heterocycles. The van der Waals surface area contributed by atoms with Crippen molar-refractivity contribution in [2.24, 2.45) is 0 Å². The standard InChI is InChI=1S/C22H36F2N4O5/c1-9-21(5,6)33-16(30)11-10-15(29)27-12-14(31-7)18(32-8)17-19(22(23,24)13-27)25-26-28(17)20(2,3)4/h14,18H,9-13H2,1-8H3/t14-,18+/m0/s1. The molecular weight excluding hydrogens is 438 g/mol. The predicted octanol–water partition coefficient (Wildman–Crippen LogP) is 3.18. The molecule has 1 aromatic rings. The van der Waals surface area contributed by atoms with E-state index in [0.29, 0.717) is 6.42 Å². The van der Waals surface area contributed by atoms with Crippen LogP contribution in [0, 0.1) is 0 Å². The monoisotopic (exact) mass is 474 g/mol. The molecule has 2 rings (SSSR count). The Morgan fingerprint density at radius 1 is 1.12 bits per heavy atom. The summed E-state index contributed by atoms with van der Waals surface area (Å²) in [5.74, 6) is -4.64. The number of amides is 1. The summed E-state index contributed by atoms with van der Waals surface area (Å²) in [5, 5.41) is 7.75. The lowest BCUT2D eigenvalue weighted by Gasteiger charge is -2.37. The zero-order valence-electron chi connectivity index (χ0n) is 20.8. The van der Waals surface area contributed by atoms with Crippen LogP contribution in [0.5, 0.6) is 0 Å². The number of methoxy groups -OCH3 is 2. The zero-order valence-corrected chi connectivity index (χ0v) is 20.8. The fraction of sp³-hybridized carbons (Fsp3) is 0.818. The van der Waals surface area contributed by atoms with Gasteiger partial charge in [-0.1, -0.05) is 12.1 Å². The summed E-state index contributed by atoms with van der Waals surface area (Å²) in [6.07, 6.45) is -1.54. The molecule has 1 aliphatic heterocycles. The van der Waals surface area contributed by atoms with Gasteiger partial charge < -0.3 is 19.1 Å². The Hall–Kier alpha value is -2.14. The maximum Gasteiger partial charge on any atom is 0.310 e. The first kappa shape index (κ1) is 27.1. The normalized spacial score (nSPS) is 21.2. The van der Waals surface area contributed by atoms with Gasteiger partial charge in [-0.3, -0.25) is 9.59 Å². The maximum atomic E-state index is 15.4. The number of ether oxygens (including phenoxy) is 3. The molecule has 0 N–H and O–H groups in total. The van der Waals surface area contributed by atoms with Gasteiger partial charge in [0.05, 0.1) is 25.0 Å². The zero-order chi connectivity index (χ0) is 25.2. The Morgan fingerprint density at radius 3 is 2.27 bits per heavy atom. The van der Waals surface area contributed by atoms with Crippen LogP contribution < -0.4 is 0 Å². The van der Waals surface area contributed by atoms with E-state index in [-0.39, 0.29) is 25.1 Å². The minimum Gasteiger partial charge on any atom is -0.460 e. The van der Waals surface area contributed by atoms with E-state index in [2.05, 4.69) is 10.3 Å². The Kier molecular flexibility index (Phi) is 8.22. The lowest BCUT2D eigenvalue weighted by atomic mass is 9.98. The fourth-order valence-electron chi connectivity index (χ4n) is 3.62. The number of rotatable bonds is 7. The van der Waals surface area contributed by atoms with Crippen molar-refractivity contribution >= 4 is 11.9 Å². The molecule has 0 aliphatic carbocycles. The van der Waals surface area contributed by atoms with Gasteiger partial charge in [-0.25, -0.2) is 4.68 Å². The van der Waals surface area contributed by atoms with Crippen molar-refractivity contribution in [2.75, 3.05) is 27.3 Å². The van der Waals surface area contributed by atoms with Crippen LogP contribution in [0.15, 0.2) is 0 Å². The summed E-state index contributed by atoms with van der Waals surface area (Å²) in [4.78, 5) is 26.0. The van der Waals surface area contributed by atoms with Crippen LogP contribution in [0.2, 0.25) is 0 Å². The Labute approximate surface area is 193 Å². The highest BCUT2D eigenvalue weighted by atomic mass is 19.3. The quantitative estimate of drug-likeness (QED) is 0.560.